The van der Waals surface area contributed by atoms with E-state index in [0.717, 1.165) is 43.3 Å². The van der Waals surface area contributed by atoms with E-state index in [1.807, 2.05) is 44.2 Å². The molecule has 0 saturated carbocycles. The van der Waals surface area contributed by atoms with Crippen molar-refractivity contribution in [2.75, 3.05) is 4.90 Å². The van der Waals surface area contributed by atoms with Crippen LogP contribution in [0, 0.1) is 20.8 Å². The molecule has 2 aromatic carbocycles. The van der Waals surface area contributed by atoms with Crippen LogP contribution in [0.3, 0.4) is 0 Å². The number of carbonyl (C=O) groups is 1. The predicted octanol–water partition coefficient (Wildman–Crippen LogP) is 5.39. The highest BCUT2D eigenvalue weighted by atomic mass is 32.1. The highest BCUT2D eigenvalue weighted by Crippen LogP contribution is 2.32. The lowest BCUT2D eigenvalue weighted by Gasteiger charge is -2.20. The lowest BCUT2D eigenvalue weighted by Crippen LogP contribution is -2.32. The van der Waals surface area contributed by atoms with E-state index < -0.39 is 0 Å². The fourth-order valence-corrected chi connectivity index (χ4v) is 4.42. The van der Waals surface area contributed by atoms with Gasteiger partial charge in [0.25, 0.3) is 0 Å². The Bertz CT molecular complexity index is 1170. The first kappa shape index (κ1) is 19.3. The number of hydrogen-bond donors (Lipinski definition) is 0. The summed E-state index contributed by atoms with van der Waals surface area (Å²) in [7, 11) is 0. The summed E-state index contributed by atoms with van der Waals surface area (Å²) in [5, 5.41) is 0.718. The number of carbonyl (C=O) groups excluding carboxylic acids is 1. The Labute approximate surface area is 174 Å². The number of nitrogens with zero attached hydrogens (tertiary/aromatic N) is 3. The number of fused-ring (bicyclic) bond motifs is 1. The summed E-state index contributed by atoms with van der Waals surface area (Å²) >= 11 is 1.55. The van der Waals surface area contributed by atoms with E-state index in [9.17, 15) is 4.79 Å². The molecule has 2 heterocycles. The van der Waals surface area contributed by atoms with Crippen LogP contribution in [0.15, 0.2) is 60.8 Å². The molecule has 2 aromatic heterocycles. The van der Waals surface area contributed by atoms with Crippen molar-refractivity contribution in [3.63, 3.8) is 0 Å². The van der Waals surface area contributed by atoms with Crippen molar-refractivity contribution >= 4 is 32.6 Å². The van der Waals surface area contributed by atoms with Crippen molar-refractivity contribution in [1.82, 2.24) is 9.97 Å². The number of benzene rings is 2. The molecule has 0 atom stereocenters. The second-order valence-corrected chi connectivity index (χ2v) is 8.33. The number of anilines is 1. The van der Waals surface area contributed by atoms with E-state index in [0.29, 0.717) is 13.0 Å². The van der Waals surface area contributed by atoms with Crippen LogP contribution in [0.1, 0.15) is 27.9 Å². The lowest BCUT2D eigenvalue weighted by molar-refractivity contribution is -0.118. The number of para-hydroxylation sites is 1. The van der Waals surface area contributed by atoms with Crippen LogP contribution < -0.4 is 4.90 Å². The number of aryl methyl sites for hydroxylation is 3. The number of aromatic nitrogens is 2. The highest BCUT2D eigenvalue weighted by molar-refractivity contribution is 7.22. The van der Waals surface area contributed by atoms with E-state index in [-0.39, 0.29) is 5.91 Å². The third-order valence-electron chi connectivity index (χ3n) is 5.03. The molecule has 4 nitrogen and oxygen atoms in total. The van der Waals surface area contributed by atoms with Crippen molar-refractivity contribution in [3.05, 3.63) is 88.7 Å². The third-order valence-corrected chi connectivity index (χ3v) is 6.08. The molecule has 0 spiro atoms. The first-order valence-electron chi connectivity index (χ1n) is 9.64. The number of thiazole rings is 1. The Hall–Kier alpha value is -3.05. The van der Waals surface area contributed by atoms with Crippen LogP contribution in [-0.4, -0.2) is 15.9 Å². The van der Waals surface area contributed by atoms with Crippen LogP contribution >= 0.6 is 11.3 Å². The van der Waals surface area contributed by atoms with Gasteiger partial charge in [-0.3, -0.25) is 14.7 Å². The van der Waals surface area contributed by atoms with Gasteiger partial charge in [-0.25, -0.2) is 4.98 Å². The minimum absolute atomic E-state index is 0.0288. The van der Waals surface area contributed by atoms with Crippen LogP contribution in [0.5, 0.6) is 0 Å². The topological polar surface area (TPSA) is 46.1 Å². The smallest absolute Gasteiger partial charge is 0.233 e. The first-order chi connectivity index (χ1) is 14.0. The van der Waals surface area contributed by atoms with Crippen molar-refractivity contribution < 1.29 is 4.79 Å². The van der Waals surface area contributed by atoms with Crippen molar-refractivity contribution in [2.24, 2.45) is 0 Å². The summed E-state index contributed by atoms with van der Waals surface area (Å²) in [6.07, 6.45) is 2.10. The molecule has 0 fully saturated rings. The monoisotopic (exact) mass is 401 g/mol. The molecule has 0 saturated heterocycles. The third kappa shape index (κ3) is 4.20. The standard InChI is InChI=1S/C24H23N3OS/c1-16-10-11-17(2)19(13-16)14-22(28)27(15-20-8-4-5-12-25-20)24-26-23-18(3)7-6-9-21(23)29-24/h4-13H,14-15H2,1-3H3. The van der Waals surface area contributed by atoms with Crippen LogP contribution in [0.25, 0.3) is 10.2 Å². The van der Waals surface area contributed by atoms with Gasteiger partial charge in [-0.2, -0.15) is 0 Å². The molecule has 0 unspecified atom stereocenters. The molecule has 0 radical (unpaired) electrons. The Morgan fingerprint density at radius 2 is 1.86 bits per heavy atom. The summed E-state index contributed by atoms with van der Waals surface area (Å²) in [6.45, 7) is 6.55. The number of amides is 1. The van der Waals surface area contributed by atoms with Gasteiger partial charge < -0.3 is 0 Å². The molecule has 4 rings (SSSR count). The molecule has 0 bridgehead atoms. The molecule has 0 aliphatic heterocycles. The van der Waals surface area contributed by atoms with E-state index in [2.05, 4.69) is 36.2 Å². The predicted molar refractivity (Wildman–Crippen MR) is 119 cm³/mol. The fraction of sp³-hybridized carbons (Fsp3) is 0.208. The zero-order valence-electron chi connectivity index (χ0n) is 16.8. The maximum atomic E-state index is 13.4. The summed E-state index contributed by atoms with van der Waals surface area (Å²) in [5.41, 5.74) is 6.26. The van der Waals surface area contributed by atoms with E-state index in [1.54, 1.807) is 22.4 Å². The quantitative estimate of drug-likeness (QED) is 0.450. The number of hydrogen-bond acceptors (Lipinski definition) is 4. The van der Waals surface area contributed by atoms with Crippen molar-refractivity contribution in [1.29, 1.82) is 0 Å². The molecule has 29 heavy (non-hydrogen) atoms. The summed E-state index contributed by atoms with van der Waals surface area (Å²) in [5.74, 6) is 0.0288. The summed E-state index contributed by atoms with van der Waals surface area (Å²) in [6, 6.07) is 18.1. The second-order valence-electron chi connectivity index (χ2n) is 7.33. The fourth-order valence-electron chi connectivity index (χ4n) is 3.36. The minimum Gasteiger partial charge on any atom is -0.282 e. The zero-order valence-corrected chi connectivity index (χ0v) is 17.7. The summed E-state index contributed by atoms with van der Waals surface area (Å²) in [4.78, 5) is 24.4. The summed E-state index contributed by atoms with van der Waals surface area (Å²) < 4.78 is 1.09. The SMILES string of the molecule is Cc1ccc(C)c(CC(=O)N(Cc2ccccn2)c2nc3c(C)cccc3s2)c1. The maximum Gasteiger partial charge on any atom is 0.233 e. The van der Waals surface area contributed by atoms with E-state index in [1.165, 1.54) is 0 Å². The molecule has 1 amide bonds. The van der Waals surface area contributed by atoms with Gasteiger partial charge in [-0.1, -0.05) is 53.3 Å². The molecule has 0 N–H and O–H groups in total. The molecule has 5 heteroatoms. The van der Waals surface area contributed by atoms with Crippen LogP contribution in [0.2, 0.25) is 0 Å². The van der Waals surface area contributed by atoms with Gasteiger partial charge in [0.1, 0.15) is 0 Å². The Morgan fingerprint density at radius 1 is 1.00 bits per heavy atom. The normalized spacial score (nSPS) is 11.0. The molecule has 146 valence electrons. The Balaban J connectivity index is 1.72. The highest BCUT2D eigenvalue weighted by Gasteiger charge is 2.22. The molecule has 0 aliphatic carbocycles. The molecular weight excluding hydrogens is 378 g/mol. The van der Waals surface area contributed by atoms with Gasteiger partial charge in [0, 0.05) is 6.20 Å². The van der Waals surface area contributed by atoms with Crippen molar-refractivity contribution in [3.8, 4) is 0 Å². The molecular formula is C24H23N3OS. The largest absolute Gasteiger partial charge is 0.282 e. The maximum absolute atomic E-state index is 13.4. The molecule has 0 aliphatic rings. The van der Waals surface area contributed by atoms with Crippen molar-refractivity contribution in [2.45, 2.75) is 33.7 Å². The number of pyridine rings is 1. The Morgan fingerprint density at radius 3 is 2.62 bits per heavy atom. The lowest BCUT2D eigenvalue weighted by atomic mass is 10.0. The number of rotatable bonds is 5. The van der Waals surface area contributed by atoms with Gasteiger partial charge in [0.05, 0.1) is 28.9 Å². The first-order valence-corrected chi connectivity index (χ1v) is 10.5. The van der Waals surface area contributed by atoms with Gasteiger partial charge in [-0.05, 0) is 55.7 Å². The second kappa shape index (κ2) is 8.13. The van der Waals surface area contributed by atoms with E-state index in [4.69, 9.17) is 4.98 Å². The average Bonchev–Trinajstić information content (AvgIpc) is 3.15. The molecule has 4 aromatic rings. The van der Waals surface area contributed by atoms with Gasteiger partial charge in [0.2, 0.25) is 5.91 Å². The zero-order chi connectivity index (χ0) is 20.4. The van der Waals surface area contributed by atoms with Gasteiger partial charge in [-0.15, -0.1) is 0 Å². The van der Waals surface area contributed by atoms with E-state index >= 15 is 0 Å². The van der Waals surface area contributed by atoms with Gasteiger partial charge >= 0.3 is 0 Å². The average molecular weight is 402 g/mol. The minimum atomic E-state index is 0.0288. The Kier molecular flexibility index (Phi) is 5.41. The van der Waals surface area contributed by atoms with Gasteiger partial charge in [0.15, 0.2) is 5.13 Å². The van der Waals surface area contributed by atoms with Crippen LogP contribution in [-0.2, 0) is 17.8 Å². The van der Waals surface area contributed by atoms with Crippen LogP contribution in [0.4, 0.5) is 5.13 Å².